The molecule has 0 aliphatic rings. The van der Waals surface area contributed by atoms with Gasteiger partial charge >= 0.3 is 5.63 Å². The Kier molecular flexibility index (Phi) is 2.69. The molecule has 16 heavy (non-hydrogen) atoms. The average Bonchev–Trinajstić information content (AvgIpc) is 2.24. The second-order valence-corrected chi connectivity index (χ2v) is 3.92. The van der Waals surface area contributed by atoms with Gasteiger partial charge in [-0.3, -0.25) is 0 Å². The Morgan fingerprint density at radius 1 is 1.38 bits per heavy atom. The zero-order chi connectivity index (χ0) is 11.7. The van der Waals surface area contributed by atoms with E-state index in [0.717, 1.165) is 23.8 Å². The zero-order valence-corrected chi connectivity index (χ0v) is 9.41. The van der Waals surface area contributed by atoms with E-state index < -0.39 is 0 Å². The van der Waals surface area contributed by atoms with Crippen molar-refractivity contribution in [3.05, 3.63) is 39.7 Å². The molecule has 2 rings (SSSR count). The normalized spacial score (nSPS) is 10.9. The number of fused-ring (bicyclic) bond motifs is 1. The van der Waals surface area contributed by atoms with Crippen molar-refractivity contribution in [2.75, 3.05) is 0 Å². The minimum Gasteiger partial charge on any atom is -0.508 e. The van der Waals surface area contributed by atoms with E-state index in [-0.39, 0.29) is 11.4 Å². The van der Waals surface area contributed by atoms with Crippen molar-refractivity contribution in [2.45, 2.75) is 26.7 Å². The lowest BCUT2D eigenvalue weighted by Gasteiger charge is -2.07. The summed E-state index contributed by atoms with van der Waals surface area (Å²) in [6.07, 6.45) is 1.82. The third-order valence-corrected chi connectivity index (χ3v) is 2.75. The highest BCUT2D eigenvalue weighted by Crippen LogP contribution is 2.24. The first-order valence-electron chi connectivity index (χ1n) is 5.38. The third-order valence-electron chi connectivity index (χ3n) is 2.75. The second kappa shape index (κ2) is 4.00. The van der Waals surface area contributed by atoms with Gasteiger partial charge in [0.2, 0.25) is 0 Å². The Morgan fingerprint density at radius 3 is 2.81 bits per heavy atom. The average molecular weight is 218 g/mol. The van der Waals surface area contributed by atoms with Crippen LogP contribution in [0.4, 0.5) is 0 Å². The van der Waals surface area contributed by atoms with Crippen molar-refractivity contribution in [2.24, 2.45) is 0 Å². The van der Waals surface area contributed by atoms with E-state index in [9.17, 15) is 9.90 Å². The number of hydrogen-bond donors (Lipinski definition) is 1. The molecule has 0 spiro atoms. The smallest absolute Gasteiger partial charge is 0.339 e. The van der Waals surface area contributed by atoms with Crippen molar-refractivity contribution >= 4 is 11.0 Å². The first-order valence-corrected chi connectivity index (χ1v) is 5.38. The predicted octanol–water partition coefficient (Wildman–Crippen LogP) is 2.76. The molecule has 0 fully saturated rings. The summed E-state index contributed by atoms with van der Waals surface area (Å²) in [5.74, 6) is 0.113. The number of aryl methyl sites for hydroxylation is 1. The fraction of sp³-hybridized carbons (Fsp3) is 0.308. The minimum atomic E-state index is -0.318. The van der Waals surface area contributed by atoms with Gasteiger partial charge in [0.15, 0.2) is 0 Å². The highest BCUT2D eigenvalue weighted by atomic mass is 16.4. The molecule has 0 atom stereocenters. The Hall–Kier alpha value is -1.77. The zero-order valence-electron chi connectivity index (χ0n) is 9.41. The number of phenolic OH excluding ortho intramolecular Hbond substituents is 1. The first kappa shape index (κ1) is 10.7. The van der Waals surface area contributed by atoms with E-state index >= 15 is 0 Å². The fourth-order valence-corrected chi connectivity index (χ4v) is 1.92. The Morgan fingerprint density at radius 2 is 2.12 bits per heavy atom. The van der Waals surface area contributed by atoms with E-state index in [4.69, 9.17) is 4.42 Å². The minimum absolute atomic E-state index is 0.113. The number of aromatic hydroxyl groups is 1. The highest BCUT2D eigenvalue weighted by molar-refractivity contribution is 5.82. The molecular weight excluding hydrogens is 204 g/mol. The molecule has 1 heterocycles. The molecule has 0 aliphatic carbocycles. The van der Waals surface area contributed by atoms with Gasteiger partial charge in [-0.05, 0) is 31.0 Å². The first-order chi connectivity index (χ1) is 7.63. The summed E-state index contributed by atoms with van der Waals surface area (Å²) in [5, 5.41) is 10.3. The van der Waals surface area contributed by atoms with Crippen LogP contribution < -0.4 is 5.63 Å². The molecule has 0 unspecified atom stereocenters. The Bertz CT molecular complexity index is 581. The van der Waals surface area contributed by atoms with Crippen LogP contribution in [0, 0.1) is 6.92 Å². The van der Waals surface area contributed by atoms with Gasteiger partial charge in [0.1, 0.15) is 11.3 Å². The molecule has 0 amide bonds. The topological polar surface area (TPSA) is 50.4 Å². The maximum absolute atomic E-state index is 11.6. The molecule has 0 radical (unpaired) electrons. The summed E-state index contributed by atoms with van der Waals surface area (Å²) in [6.45, 7) is 3.85. The van der Waals surface area contributed by atoms with Crippen molar-refractivity contribution in [3.8, 4) is 5.75 Å². The van der Waals surface area contributed by atoms with Gasteiger partial charge < -0.3 is 9.52 Å². The summed E-state index contributed by atoms with van der Waals surface area (Å²) >= 11 is 0. The summed E-state index contributed by atoms with van der Waals surface area (Å²) in [6, 6.07) is 4.89. The lowest BCUT2D eigenvalue weighted by atomic mass is 10.0. The maximum atomic E-state index is 11.6. The number of phenols is 1. The van der Waals surface area contributed by atoms with Crippen molar-refractivity contribution in [1.82, 2.24) is 0 Å². The number of benzene rings is 1. The highest BCUT2D eigenvalue weighted by Gasteiger charge is 2.10. The van der Waals surface area contributed by atoms with E-state index in [1.54, 1.807) is 19.1 Å². The maximum Gasteiger partial charge on any atom is 0.339 e. The second-order valence-electron chi connectivity index (χ2n) is 3.92. The van der Waals surface area contributed by atoms with Crippen LogP contribution in [0.1, 0.15) is 24.5 Å². The SMILES string of the molecule is CCCc1c(C)c(=O)oc2cc(O)ccc12. The van der Waals surface area contributed by atoms with Crippen LogP contribution in [0.15, 0.2) is 27.4 Å². The quantitative estimate of drug-likeness (QED) is 0.788. The molecular formula is C13H14O3. The lowest BCUT2D eigenvalue weighted by molar-refractivity contribution is 0.472. The van der Waals surface area contributed by atoms with Crippen molar-refractivity contribution in [3.63, 3.8) is 0 Å². The van der Waals surface area contributed by atoms with Crippen LogP contribution in [0.25, 0.3) is 11.0 Å². The molecule has 1 aromatic carbocycles. The van der Waals surface area contributed by atoms with E-state index in [1.165, 1.54) is 6.07 Å². The van der Waals surface area contributed by atoms with Crippen LogP contribution in [-0.4, -0.2) is 5.11 Å². The van der Waals surface area contributed by atoms with Crippen molar-refractivity contribution < 1.29 is 9.52 Å². The Labute approximate surface area is 93.3 Å². The summed E-state index contributed by atoms with van der Waals surface area (Å²) in [7, 11) is 0. The van der Waals surface area contributed by atoms with Gasteiger partial charge in [-0.15, -0.1) is 0 Å². The van der Waals surface area contributed by atoms with Gasteiger partial charge in [0, 0.05) is 17.0 Å². The molecule has 1 N–H and O–H groups in total. The van der Waals surface area contributed by atoms with Gasteiger partial charge in [-0.2, -0.15) is 0 Å². The number of rotatable bonds is 2. The molecule has 3 nitrogen and oxygen atoms in total. The van der Waals surface area contributed by atoms with Crippen LogP contribution in [-0.2, 0) is 6.42 Å². The van der Waals surface area contributed by atoms with Gasteiger partial charge in [-0.25, -0.2) is 4.79 Å². The van der Waals surface area contributed by atoms with E-state index in [2.05, 4.69) is 6.92 Å². The molecule has 84 valence electrons. The predicted molar refractivity (Wildman–Crippen MR) is 62.9 cm³/mol. The van der Waals surface area contributed by atoms with E-state index in [1.807, 2.05) is 0 Å². The van der Waals surface area contributed by atoms with Gasteiger partial charge in [0.05, 0.1) is 0 Å². The molecule has 0 aliphatic heterocycles. The lowest BCUT2D eigenvalue weighted by Crippen LogP contribution is -2.07. The molecule has 2 aromatic rings. The van der Waals surface area contributed by atoms with Crippen LogP contribution in [0.3, 0.4) is 0 Å². The van der Waals surface area contributed by atoms with E-state index in [0.29, 0.717) is 11.1 Å². The summed E-state index contributed by atoms with van der Waals surface area (Å²) in [5.41, 5.74) is 1.83. The van der Waals surface area contributed by atoms with Crippen molar-refractivity contribution in [1.29, 1.82) is 0 Å². The van der Waals surface area contributed by atoms with Crippen LogP contribution in [0.2, 0.25) is 0 Å². The summed E-state index contributed by atoms with van der Waals surface area (Å²) in [4.78, 5) is 11.6. The Balaban J connectivity index is 2.83. The van der Waals surface area contributed by atoms with Gasteiger partial charge in [0.25, 0.3) is 0 Å². The molecule has 0 saturated heterocycles. The van der Waals surface area contributed by atoms with Gasteiger partial charge in [-0.1, -0.05) is 13.3 Å². The number of hydrogen-bond acceptors (Lipinski definition) is 3. The molecule has 0 saturated carbocycles. The van der Waals surface area contributed by atoms with Crippen LogP contribution >= 0.6 is 0 Å². The molecule has 1 aromatic heterocycles. The van der Waals surface area contributed by atoms with Crippen LogP contribution in [0.5, 0.6) is 5.75 Å². The monoisotopic (exact) mass is 218 g/mol. The summed E-state index contributed by atoms with van der Waals surface area (Å²) < 4.78 is 5.14. The molecule has 3 heteroatoms. The fourth-order valence-electron chi connectivity index (χ4n) is 1.92. The molecule has 0 bridgehead atoms. The third kappa shape index (κ3) is 1.69. The standard InChI is InChI=1S/C13H14O3/c1-3-4-10-8(2)13(15)16-12-7-9(14)5-6-11(10)12/h5-7,14H,3-4H2,1-2H3. The largest absolute Gasteiger partial charge is 0.508 e.